The molecule has 0 fully saturated rings. The summed E-state index contributed by atoms with van der Waals surface area (Å²) < 4.78 is 0. The van der Waals surface area contributed by atoms with E-state index < -0.39 is 0 Å². The van der Waals surface area contributed by atoms with Crippen molar-refractivity contribution in [2.75, 3.05) is 24.2 Å². The molecule has 0 aliphatic heterocycles. The van der Waals surface area contributed by atoms with Crippen LogP contribution in [0.25, 0.3) is 11.1 Å². The molecule has 0 saturated carbocycles. The summed E-state index contributed by atoms with van der Waals surface area (Å²) in [5.41, 5.74) is 6.21. The van der Waals surface area contributed by atoms with Crippen molar-refractivity contribution in [1.82, 2.24) is 0 Å². The lowest BCUT2D eigenvalue weighted by molar-refractivity contribution is 0.933. The lowest BCUT2D eigenvalue weighted by Crippen LogP contribution is -2.07. The van der Waals surface area contributed by atoms with E-state index in [0.29, 0.717) is 0 Å². The Morgan fingerprint density at radius 1 is 0.955 bits per heavy atom. The van der Waals surface area contributed by atoms with Gasteiger partial charge in [0.1, 0.15) is 0 Å². The van der Waals surface area contributed by atoms with Gasteiger partial charge >= 0.3 is 0 Å². The Morgan fingerprint density at radius 3 is 2.55 bits per heavy atom. The molecule has 0 radical (unpaired) electrons. The number of hydrogen-bond donors (Lipinski definition) is 2. The number of allylic oxidation sites excluding steroid dienone is 3. The van der Waals surface area contributed by atoms with Gasteiger partial charge in [-0.3, -0.25) is 0 Å². The van der Waals surface area contributed by atoms with E-state index in [0.717, 1.165) is 30.8 Å². The minimum absolute atomic E-state index is 0.906. The molecule has 0 unspecified atom stereocenters. The van der Waals surface area contributed by atoms with Gasteiger partial charge in [0, 0.05) is 13.6 Å². The van der Waals surface area contributed by atoms with Crippen molar-refractivity contribution < 1.29 is 0 Å². The smallest absolute Gasteiger partial charge is 0.0579 e. The molecule has 0 saturated heterocycles. The molecule has 112 valence electrons. The first-order valence-corrected chi connectivity index (χ1v) is 7.82. The molecule has 22 heavy (non-hydrogen) atoms. The Hall–Kier alpha value is -2.48. The normalized spacial score (nSPS) is 13.6. The fourth-order valence-corrected chi connectivity index (χ4v) is 2.72. The fraction of sp³-hybridized carbons (Fsp3) is 0.200. The van der Waals surface area contributed by atoms with Crippen LogP contribution >= 0.6 is 0 Å². The Kier molecular flexibility index (Phi) is 4.59. The molecule has 0 aromatic heterocycles. The van der Waals surface area contributed by atoms with Gasteiger partial charge in [-0.25, -0.2) is 0 Å². The quantitative estimate of drug-likeness (QED) is 0.802. The summed E-state index contributed by atoms with van der Waals surface area (Å²) in [5, 5.41) is 6.85. The minimum Gasteiger partial charge on any atom is -0.386 e. The number of hydrogen-bond acceptors (Lipinski definition) is 2. The maximum Gasteiger partial charge on any atom is 0.0579 e. The maximum absolute atomic E-state index is 3.55. The standard InChI is InChI=1S/C20H22N2/c1-21-20-14-18(17-10-6-3-7-11-17)12-13-19(20)22-15-16-8-4-2-5-9-16/h2-4,6-8,10-14,21-22H,5,9,15H2,1H3. The van der Waals surface area contributed by atoms with Gasteiger partial charge in [0.05, 0.1) is 11.4 Å². The molecule has 2 aromatic carbocycles. The summed E-state index contributed by atoms with van der Waals surface area (Å²) in [6.45, 7) is 0.906. The van der Waals surface area contributed by atoms with Crippen molar-refractivity contribution in [2.24, 2.45) is 0 Å². The van der Waals surface area contributed by atoms with E-state index in [-0.39, 0.29) is 0 Å². The molecule has 2 aromatic rings. The molecular formula is C20H22N2. The third kappa shape index (κ3) is 3.40. The second-order valence-electron chi connectivity index (χ2n) is 5.52. The van der Waals surface area contributed by atoms with Crippen molar-refractivity contribution in [3.05, 3.63) is 72.3 Å². The van der Waals surface area contributed by atoms with Crippen LogP contribution in [0.4, 0.5) is 11.4 Å². The van der Waals surface area contributed by atoms with Gasteiger partial charge in [-0.15, -0.1) is 0 Å². The molecule has 1 aliphatic carbocycles. The Bertz CT molecular complexity index is 684. The fourth-order valence-electron chi connectivity index (χ4n) is 2.72. The maximum atomic E-state index is 3.55. The number of anilines is 2. The highest BCUT2D eigenvalue weighted by Crippen LogP contribution is 2.29. The lowest BCUT2D eigenvalue weighted by Gasteiger charge is -2.16. The third-order valence-corrected chi connectivity index (χ3v) is 4.00. The van der Waals surface area contributed by atoms with Gasteiger partial charge in [-0.1, -0.05) is 60.2 Å². The van der Waals surface area contributed by atoms with Gasteiger partial charge in [0.15, 0.2) is 0 Å². The van der Waals surface area contributed by atoms with E-state index in [4.69, 9.17) is 0 Å². The highest BCUT2D eigenvalue weighted by atomic mass is 14.9. The highest BCUT2D eigenvalue weighted by molar-refractivity contribution is 5.77. The van der Waals surface area contributed by atoms with Crippen LogP contribution in [0.3, 0.4) is 0 Å². The van der Waals surface area contributed by atoms with Gasteiger partial charge in [0.25, 0.3) is 0 Å². The van der Waals surface area contributed by atoms with Gasteiger partial charge in [-0.05, 0) is 36.1 Å². The summed E-state index contributed by atoms with van der Waals surface area (Å²) in [6.07, 6.45) is 8.89. The van der Waals surface area contributed by atoms with Crippen LogP contribution in [-0.2, 0) is 0 Å². The van der Waals surface area contributed by atoms with Crippen molar-refractivity contribution in [2.45, 2.75) is 12.8 Å². The molecule has 2 N–H and O–H groups in total. The predicted octanol–water partition coefficient (Wildman–Crippen LogP) is 5.08. The summed E-state index contributed by atoms with van der Waals surface area (Å²) >= 11 is 0. The molecule has 2 nitrogen and oxygen atoms in total. The summed E-state index contributed by atoms with van der Waals surface area (Å²) in [4.78, 5) is 0. The first kappa shape index (κ1) is 14.5. The van der Waals surface area contributed by atoms with E-state index in [1.165, 1.54) is 16.7 Å². The average molecular weight is 290 g/mol. The monoisotopic (exact) mass is 290 g/mol. The summed E-state index contributed by atoms with van der Waals surface area (Å²) in [6, 6.07) is 17.0. The van der Waals surface area contributed by atoms with Crippen molar-refractivity contribution >= 4 is 11.4 Å². The Balaban J connectivity index is 1.77. The van der Waals surface area contributed by atoms with Crippen LogP contribution in [0.2, 0.25) is 0 Å². The van der Waals surface area contributed by atoms with Crippen molar-refractivity contribution in [1.29, 1.82) is 0 Å². The van der Waals surface area contributed by atoms with Crippen LogP contribution in [-0.4, -0.2) is 13.6 Å². The third-order valence-electron chi connectivity index (χ3n) is 4.00. The van der Waals surface area contributed by atoms with Crippen LogP contribution in [0, 0.1) is 0 Å². The molecule has 0 atom stereocenters. The largest absolute Gasteiger partial charge is 0.386 e. The molecule has 3 rings (SSSR count). The van der Waals surface area contributed by atoms with Crippen LogP contribution in [0.5, 0.6) is 0 Å². The molecule has 0 bridgehead atoms. The Morgan fingerprint density at radius 2 is 1.82 bits per heavy atom. The first-order chi connectivity index (χ1) is 10.9. The second kappa shape index (κ2) is 6.99. The van der Waals surface area contributed by atoms with Crippen LogP contribution in [0.1, 0.15) is 12.8 Å². The van der Waals surface area contributed by atoms with E-state index in [1.807, 2.05) is 13.1 Å². The van der Waals surface area contributed by atoms with E-state index in [1.54, 1.807) is 0 Å². The molecule has 0 heterocycles. The van der Waals surface area contributed by atoms with Gasteiger partial charge in [-0.2, -0.15) is 0 Å². The molecule has 2 heteroatoms. The van der Waals surface area contributed by atoms with E-state index in [2.05, 4.69) is 71.3 Å². The zero-order valence-electron chi connectivity index (χ0n) is 13.0. The zero-order chi connectivity index (χ0) is 15.2. The minimum atomic E-state index is 0.906. The predicted molar refractivity (Wildman–Crippen MR) is 96.4 cm³/mol. The summed E-state index contributed by atoms with van der Waals surface area (Å²) in [5.74, 6) is 0. The lowest BCUT2D eigenvalue weighted by atomic mass is 10.0. The Labute approximate surface area is 132 Å². The van der Waals surface area contributed by atoms with Crippen LogP contribution in [0.15, 0.2) is 72.3 Å². The van der Waals surface area contributed by atoms with Crippen molar-refractivity contribution in [3.8, 4) is 11.1 Å². The topological polar surface area (TPSA) is 24.1 Å². The van der Waals surface area contributed by atoms with Crippen LogP contribution < -0.4 is 10.6 Å². The van der Waals surface area contributed by atoms with E-state index in [9.17, 15) is 0 Å². The van der Waals surface area contributed by atoms with E-state index >= 15 is 0 Å². The van der Waals surface area contributed by atoms with Gasteiger partial charge in [0.2, 0.25) is 0 Å². The average Bonchev–Trinajstić information content (AvgIpc) is 2.61. The SMILES string of the molecule is CNc1cc(-c2ccccc2)ccc1NCC1=CC=CCC1. The number of nitrogens with one attached hydrogen (secondary N) is 2. The summed E-state index contributed by atoms with van der Waals surface area (Å²) in [7, 11) is 1.97. The second-order valence-corrected chi connectivity index (χ2v) is 5.52. The zero-order valence-corrected chi connectivity index (χ0v) is 13.0. The molecular weight excluding hydrogens is 268 g/mol. The van der Waals surface area contributed by atoms with Crippen molar-refractivity contribution in [3.63, 3.8) is 0 Å². The van der Waals surface area contributed by atoms with Gasteiger partial charge < -0.3 is 10.6 Å². The molecule has 1 aliphatic rings. The molecule has 0 amide bonds. The number of benzene rings is 2. The first-order valence-electron chi connectivity index (χ1n) is 7.82. The number of rotatable bonds is 5. The molecule has 0 spiro atoms. The highest BCUT2D eigenvalue weighted by Gasteiger charge is 2.05.